The zero-order valence-corrected chi connectivity index (χ0v) is 15.8. The Kier molecular flexibility index (Phi) is 5.49. The summed E-state index contributed by atoms with van der Waals surface area (Å²) in [7, 11) is 3.12. The Labute approximate surface area is 157 Å². The summed E-state index contributed by atoms with van der Waals surface area (Å²) in [5.41, 5.74) is 2.78. The number of nitrogens with zero attached hydrogens (tertiary/aromatic N) is 2. The molecule has 0 N–H and O–H groups in total. The van der Waals surface area contributed by atoms with Gasteiger partial charge in [0, 0.05) is 5.56 Å². The molecule has 0 amide bonds. The van der Waals surface area contributed by atoms with Crippen LogP contribution in [0.5, 0.6) is 17.2 Å². The summed E-state index contributed by atoms with van der Waals surface area (Å²) in [6.07, 6.45) is 0. The number of hydrogen-bond donors (Lipinski definition) is 0. The predicted molar refractivity (Wildman–Crippen MR) is 101 cm³/mol. The molecule has 0 saturated carbocycles. The van der Waals surface area contributed by atoms with Gasteiger partial charge in [-0.15, -0.1) is 0 Å². The monoisotopic (exact) mass is 370 g/mol. The Bertz CT molecular complexity index is 970. The first-order valence-electron chi connectivity index (χ1n) is 8.53. The van der Waals surface area contributed by atoms with Crippen LogP contribution in [0.15, 0.2) is 45.7 Å². The molecule has 0 atom stereocenters. The van der Waals surface area contributed by atoms with E-state index >= 15 is 0 Å². The van der Waals surface area contributed by atoms with E-state index in [1.54, 1.807) is 32.4 Å². The first-order chi connectivity index (χ1) is 13.0. The number of rotatable bonds is 7. The SMILES string of the molecule is COc1ccc(-c2noc(=O)n2CCOc2c(C)cccc2C)cc1OC. The Balaban J connectivity index is 1.82. The van der Waals surface area contributed by atoms with Crippen molar-refractivity contribution in [2.45, 2.75) is 20.4 Å². The van der Waals surface area contributed by atoms with Crippen LogP contribution in [0.25, 0.3) is 11.4 Å². The van der Waals surface area contributed by atoms with Crippen molar-refractivity contribution in [1.29, 1.82) is 0 Å². The van der Waals surface area contributed by atoms with E-state index in [0.29, 0.717) is 36.0 Å². The van der Waals surface area contributed by atoms with Gasteiger partial charge in [-0.05, 0) is 43.2 Å². The predicted octanol–water partition coefficient (Wildman–Crippen LogP) is 3.22. The van der Waals surface area contributed by atoms with Gasteiger partial charge in [-0.25, -0.2) is 4.79 Å². The maximum Gasteiger partial charge on any atom is 0.441 e. The maximum absolute atomic E-state index is 12.1. The van der Waals surface area contributed by atoms with Crippen molar-refractivity contribution >= 4 is 0 Å². The van der Waals surface area contributed by atoms with Crippen molar-refractivity contribution in [3.63, 3.8) is 0 Å². The van der Waals surface area contributed by atoms with Crippen molar-refractivity contribution in [2.75, 3.05) is 20.8 Å². The molecule has 0 unspecified atom stereocenters. The fourth-order valence-corrected chi connectivity index (χ4v) is 2.91. The standard InChI is InChI=1S/C20H22N2O5/c1-13-6-5-7-14(2)18(13)26-11-10-22-19(21-27-20(22)23)15-8-9-16(24-3)17(12-15)25-4/h5-9,12H,10-11H2,1-4H3. The molecule has 0 spiro atoms. The van der Waals surface area contributed by atoms with Crippen LogP contribution in [-0.2, 0) is 6.54 Å². The number of methoxy groups -OCH3 is 2. The van der Waals surface area contributed by atoms with Gasteiger partial charge in [0.1, 0.15) is 12.4 Å². The molecule has 7 heteroatoms. The topological polar surface area (TPSA) is 75.7 Å². The van der Waals surface area contributed by atoms with Gasteiger partial charge in [0.05, 0.1) is 20.8 Å². The van der Waals surface area contributed by atoms with Crippen LogP contribution in [0.2, 0.25) is 0 Å². The Morgan fingerprint density at radius 2 is 1.74 bits per heavy atom. The number of aryl methyl sites for hydroxylation is 2. The van der Waals surface area contributed by atoms with Crippen LogP contribution in [-0.4, -0.2) is 30.6 Å². The number of benzene rings is 2. The molecular weight excluding hydrogens is 348 g/mol. The third kappa shape index (κ3) is 3.81. The van der Waals surface area contributed by atoms with Crippen LogP contribution >= 0.6 is 0 Å². The molecule has 1 aromatic heterocycles. The van der Waals surface area contributed by atoms with Gasteiger partial charge >= 0.3 is 5.76 Å². The Hall–Kier alpha value is -3.22. The molecule has 2 aromatic carbocycles. The highest BCUT2D eigenvalue weighted by Gasteiger charge is 2.15. The second-order valence-corrected chi connectivity index (χ2v) is 6.06. The van der Waals surface area contributed by atoms with Crippen LogP contribution in [0.1, 0.15) is 11.1 Å². The highest BCUT2D eigenvalue weighted by atomic mass is 16.5. The third-order valence-corrected chi connectivity index (χ3v) is 4.30. The smallest absolute Gasteiger partial charge is 0.441 e. The summed E-state index contributed by atoms with van der Waals surface area (Å²) in [4.78, 5) is 12.1. The minimum absolute atomic E-state index is 0.305. The normalized spacial score (nSPS) is 10.7. The lowest BCUT2D eigenvalue weighted by Crippen LogP contribution is -2.20. The molecule has 0 saturated heterocycles. The fourth-order valence-electron chi connectivity index (χ4n) is 2.91. The molecule has 0 aliphatic carbocycles. The van der Waals surface area contributed by atoms with Crippen molar-refractivity contribution in [3.05, 3.63) is 58.1 Å². The molecule has 3 rings (SSSR count). The van der Waals surface area contributed by atoms with E-state index in [1.807, 2.05) is 32.0 Å². The highest BCUT2D eigenvalue weighted by molar-refractivity contribution is 5.61. The van der Waals surface area contributed by atoms with Gasteiger partial charge in [0.2, 0.25) is 0 Å². The van der Waals surface area contributed by atoms with Crippen LogP contribution in [0.3, 0.4) is 0 Å². The van der Waals surface area contributed by atoms with Gasteiger partial charge in [-0.1, -0.05) is 23.4 Å². The molecule has 0 radical (unpaired) electrons. The average molecular weight is 370 g/mol. The zero-order valence-electron chi connectivity index (χ0n) is 15.8. The number of ether oxygens (including phenoxy) is 3. The van der Waals surface area contributed by atoms with Crippen LogP contribution < -0.4 is 20.0 Å². The quantitative estimate of drug-likeness (QED) is 0.636. The fraction of sp³-hybridized carbons (Fsp3) is 0.300. The lowest BCUT2D eigenvalue weighted by molar-refractivity contribution is 0.287. The molecule has 142 valence electrons. The second-order valence-electron chi connectivity index (χ2n) is 6.06. The molecule has 27 heavy (non-hydrogen) atoms. The van der Waals surface area contributed by atoms with E-state index in [1.165, 1.54) is 4.57 Å². The molecule has 3 aromatic rings. The zero-order chi connectivity index (χ0) is 19.4. The van der Waals surface area contributed by atoms with E-state index in [0.717, 1.165) is 16.9 Å². The highest BCUT2D eigenvalue weighted by Crippen LogP contribution is 2.31. The lowest BCUT2D eigenvalue weighted by atomic mass is 10.1. The molecule has 0 aliphatic rings. The average Bonchev–Trinajstić information content (AvgIpc) is 3.04. The molecule has 0 bridgehead atoms. The Morgan fingerprint density at radius 1 is 1.04 bits per heavy atom. The molecule has 1 heterocycles. The maximum atomic E-state index is 12.1. The van der Waals surface area contributed by atoms with Gasteiger partial charge < -0.3 is 14.2 Å². The first kappa shape index (κ1) is 18.6. The van der Waals surface area contributed by atoms with Crippen molar-refractivity contribution in [2.24, 2.45) is 0 Å². The summed E-state index contributed by atoms with van der Waals surface area (Å²) in [5, 5.41) is 3.90. The number of para-hydroxylation sites is 1. The second kappa shape index (κ2) is 7.99. The molecule has 0 fully saturated rings. The summed E-state index contributed by atoms with van der Waals surface area (Å²) in [5.74, 6) is 1.84. The minimum atomic E-state index is -0.537. The Morgan fingerprint density at radius 3 is 2.41 bits per heavy atom. The first-order valence-corrected chi connectivity index (χ1v) is 8.53. The summed E-state index contributed by atoms with van der Waals surface area (Å²) >= 11 is 0. The summed E-state index contributed by atoms with van der Waals surface area (Å²) in [6, 6.07) is 11.3. The number of hydrogen-bond acceptors (Lipinski definition) is 6. The van der Waals surface area contributed by atoms with Crippen LogP contribution in [0, 0.1) is 13.8 Å². The molecular formula is C20H22N2O5. The van der Waals surface area contributed by atoms with E-state index in [-0.39, 0.29) is 0 Å². The summed E-state index contributed by atoms with van der Waals surface area (Å²) in [6.45, 7) is 4.60. The molecule has 7 nitrogen and oxygen atoms in total. The minimum Gasteiger partial charge on any atom is -0.493 e. The van der Waals surface area contributed by atoms with Crippen LogP contribution in [0.4, 0.5) is 0 Å². The number of aromatic nitrogens is 2. The third-order valence-electron chi connectivity index (χ3n) is 4.30. The van der Waals surface area contributed by atoms with E-state index in [9.17, 15) is 4.79 Å². The largest absolute Gasteiger partial charge is 0.493 e. The van der Waals surface area contributed by atoms with E-state index in [2.05, 4.69) is 5.16 Å². The van der Waals surface area contributed by atoms with E-state index < -0.39 is 5.76 Å². The van der Waals surface area contributed by atoms with Crippen molar-refractivity contribution in [1.82, 2.24) is 9.72 Å². The van der Waals surface area contributed by atoms with Crippen molar-refractivity contribution in [3.8, 4) is 28.6 Å². The molecule has 0 aliphatic heterocycles. The van der Waals surface area contributed by atoms with E-state index in [4.69, 9.17) is 18.7 Å². The van der Waals surface area contributed by atoms with Crippen molar-refractivity contribution < 1.29 is 18.7 Å². The van der Waals surface area contributed by atoms with Gasteiger partial charge in [0.25, 0.3) is 0 Å². The van der Waals surface area contributed by atoms with Gasteiger partial charge in [-0.2, -0.15) is 0 Å². The van der Waals surface area contributed by atoms with Gasteiger partial charge in [-0.3, -0.25) is 9.09 Å². The summed E-state index contributed by atoms with van der Waals surface area (Å²) < 4.78 is 22.8. The lowest BCUT2D eigenvalue weighted by Gasteiger charge is -2.13. The van der Waals surface area contributed by atoms with Gasteiger partial charge in [0.15, 0.2) is 17.3 Å².